The van der Waals surface area contributed by atoms with Crippen LogP contribution in [0.5, 0.6) is 0 Å². The Morgan fingerprint density at radius 3 is 2.69 bits per heavy atom. The second-order valence-electron chi connectivity index (χ2n) is 6.83. The topological polar surface area (TPSA) is 110 Å². The Morgan fingerprint density at radius 2 is 2.03 bits per heavy atom. The number of nitro groups is 1. The van der Waals surface area contributed by atoms with Crippen LogP contribution in [0.1, 0.15) is 49.9 Å². The van der Waals surface area contributed by atoms with Gasteiger partial charge < -0.3 is 15.0 Å². The molecule has 2 aromatic rings. The molecule has 1 fully saturated rings. The molecule has 1 N–H and O–H groups in total. The van der Waals surface area contributed by atoms with Crippen LogP contribution in [0.25, 0.3) is 0 Å². The van der Waals surface area contributed by atoms with Crippen LogP contribution in [0, 0.1) is 10.1 Å². The van der Waals surface area contributed by atoms with E-state index in [0.717, 1.165) is 32.2 Å². The van der Waals surface area contributed by atoms with E-state index < -0.39 is 10.9 Å². The maximum atomic E-state index is 11.9. The van der Waals surface area contributed by atoms with Crippen molar-refractivity contribution in [2.45, 2.75) is 45.6 Å². The summed E-state index contributed by atoms with van der Waals surface area (Å²) in [6.45, 7) is 4.86. The molecule has 1 unspecified atom stereocenters. The number of nitrogens with zero attached hydrogens (tertiary/aromatic N) is 4. The number of carbonyl (C=O) groups is 1. The predicted octanol–water partition coefficient (Wildman–Crippen LogP) is 4.07. The summed E-state index contributed by atoms with van der Waals surface area (Å²) in [4.78, 5) is 33.6. The van der Waals surface area contributed by atoms with Gasteiger partial charge in [0.1, 0.15) is 6.33 Å². The summed E-state index contributed by atoms with van der Waals surface area (Å²) in [5.41, 5.74) is 0.855. The van der Waals surface area contributed by atoms with Gasteiger partial charge in [-0.1, -0.05) is 6.92 Å². The van der Waals surface area contributed by atoms with Gasteiger partial charge in [0.2, 0.25) is 11.6 Å². The molecule has 1 aromatic carbocycles. The normalized spacial score (nSPS) is 16.3. The first-order valence-electron chi connectivity index (χ1n) is 9.85. The van der Waals surface area contributed by atoms with Gasteiger partial charge in [0.05, 0.1) is 17.1 Å². The first-order chi connectivity index (χ1) is 14.0. The molecule has 0 radical (unpaired) electrons. The SMILES string of the molecule is CCOC(=O)c1ccc(Nc2ncnc(N3CCCCC3CC)c2[N+](=O)[O-])cc1. The number of ether oxygens (including phenoxy) is 1. The molecule has 9 heteroatoms. The van der Waals surface area contributed by atoms with Crippen molar-refractivity contribution in [3.05, 3.63) is 46.3 Å². The number of piperidine rings is 1. The summed E-state index contributed by atoms with van der Waals surface area (Å²) in [6.07, 6.45) is 5.34. The van der Waals surface area contributed by atoms with Crippen molar-refractivity contribution in [1.82, 2.24) is 9.97 Å². The minimum absolute atomic E-state index is 0.129. The summed E-state index contributed by atoms with van der Waals surface area (Å²) in [5.74, 6) is 0.0663. The quantitative estimate of drug-likeness (QED) is 0.421. The fourth-order valence-electron chi connectivity index (χ4n) is 3.58. The average molecular weight is 399 g/mol. The lowest BCUT2D eigenvalue weighted by Gasteiger charge is -2.35. The molecule has 3 rings (SSSR count). The van der Waals surface area contributed by atoms with E-state index in [4.69, 9.17) is 4.74 Å². The second-order valence-corrected chi connectivity index (χ2v) is 6.83. The number of carbonyl (C=O) groups excluding carboxylic acids is 1. The summed E-state index contributed by atoms with van der Waals surface area (Å²) in [5, 5.41) is 14.9. The zero-order valence-corrected chi connectivity index (χ0v) is 16.6. The molecule has 0 aliphatic carbocycles. The molecular formula is C20H25N5O4. The number of hydrogen-bond acceptors (Lipinski definition) is 8. The van der Waals surface area contributed by atoms with Crippen molar-refractivity contribution in [2.24, 2.45) is 0 Å². The van der Waals surface area contributed by atoms with Gasteiger partial charge in [-0.05, 0) is 56.9 Å². The predicted molar refractivity (Wildman–Crippen MR) is 110 cm³/mol. The molecule has 154 valence electrons. The van der Waals surface area contributed by atoms with Crippen LogP contribution in [0.3, 0.4) is 0 Å². The molecule has 2 heterocycles. The van der Waals surface area contributed by atoms with E-state index in [0.29, 0.717) is 23.7 Å². The van der Waals surface area contributed by atoms with Crippen LogP contribution in [-0.2, 0) is 4.74 Å². The minimum Gasteiger partial charge on any atom is -0.462 e. The second kappa shape index (κ2) is 9.31. The maximum Gasteiger partial charge on any atom is 0.353 e. The zero-order chi connectivity index (χ0) is 20.8. The Labute approximate surface area is 169 Å². The summed E-state index contributed by atoms with van der Waals surface area (Å²) < 4.78 is 4.97. The molecule has 1 saturated heterocycles. The monoisotopic (exact) mass is 399 g/mol. The van der Waals surface area contributed by atoms with Crippen molar-refractivity contribution in [1.29, 1.82) is 0 Å². The summed E-state index contributed by atoms with van der Waals surface area (Å²) >= 11 is 0. The highest BCUT2D eigenvalue weighted by atomic mass is 16.6. The smallest absolute Gasteiger partial charge is 0.353 e. The third-order valence-corrected chi connectivity index (χ3v) is 5.01. The van der Waals surface area contributed by atoms with E-state index >= 15 is 0 Å². The molecule has 29 heavy (non-hydrogen) atoms. The number of hydrogen-bond donors (Lipinski definition) is 1. The van der Waals surface area contributed by atoms with Crippen molar-refractivity contribution >= 4 is 29.0 Å². The van der Waals surface area contributed by atoms with Crippen molar-refractivity contribution in [2.75, 3.05) is 23.4 Å². The summed E-state index contributed by atoms with van der Waals surface area (Å²) in [7, 11) is 0. The number of benzene rings is 1. The number of esters is 1. The third-order valence-electron chi connectivity index (χ3n) is 5.01. The van der Waals surface area contributed by atoms with Crippen LogP contribution in [0.15, 0.2) is 30.6 Å². The number of anilines is 3. The van der Waals surface area contributed by atoms with E-state index in [1.54, 1.807) is 31.2 Å². The summed E-state index contributed by atoms with van der Waals surface area (Å²) in [6, 6.07) is 6.76. The Hall–Kier alpha value is -3.23. The van der Waals surface area contributed by atoms with E-state index in [1.165, 1.54) is 6.33 Å². The molecular weight excluding hydrogens is 374 g/mol. The van der Waals surface area contributed by atoms with E-state index in [2.05, 4.69) is 22.2 Å². The zero-order valence-electron chi connectivity index (χ0n) is 16.6. The molecule has 0 bridgehead atoms. The van der Waals surface area contributed by atoms with Crippen LogP contribution >= 0.6 is 0 Å². The molecule has 9 nitrogen and oxygen atoms in total. The van der Waals surface area contributed by atoms with Crippen molar-refractivity contribution in [3.8, 4) is 0 Å². The molecule has 0 saturated carbocycles. The average Bonchev–Trinajstić information content (AvgIpc) is 2.74. The van der Waals surface area contributed by atoms with Crippen LogP contribution in [0.4, 0.5) is 23.0 Å². The van der Waals surface area contributed by atoms with Crippen LogP contribution in [-0.4, -0.2) is 40.1 Å². The van der Waals surface area contributed by atoms with E-state index in [-0.39, 0.29) is 17.5 Å². The Kier molecular flexibility index (Phi) is 6.58. The first kappa shape index (κ1) is 20.5. The molecule has 1 aliphatic rings. The van der Waals surface area contributed by atoms with Gasteiger partial charge in [-0.15, -0.1) is 0 Å². The highest BCUT2D eigenvalue weighted by Crippen LogP contribution is 2.36. The van der Waals surface area contributed by atoms with Gasteiger partial charge in [-0.2, -0.15) is 0 Å². The van der Waals surface area contributed by atoms with E-state index in [9.17, 15) is 14.9 Å². The van der Waals surface area contributed by atoms with Crippen molar-refractivity contribution < 1.29 is 14.5 Å². The van der Waals surface area contributed by atoms with Gasteiger partial charge in [0, 0.05) is 18.3 Å². The lowest BCUT2D eigenvalue weighted by Crippen LogP contribution is -2.40. The molecule has 1 aromatic heterocycles. The highest BCUT2D eigenvalue weighted by Gasteiger charge is 2.31. The standard InChI is InChI=1S/C20H25N5O4/c1-3-16-7-5-6-12-24(16)19-17(25(27)28)18(21-13-22-19)23-15-10-8-14(9-11-15)20(26)29-4-2/h8-11,13,16H,3-7,12H2,1-2H3,(H,21,22,23). The van der Waals surface area contributed by atoms with Crippen molar-refractivity contribution in [3.63, 3.8) is 0 Å². The fraction of sp³-hybridized carbons (Fsp3) is 0.450. The van der Waals surface area contributed by atoms with Gasteiger partial charge in [-0.3, -0.25) is 10.1 Å². The lowest BCUT2D eigenvalue weighted by molar-refractivity contribution is -0.383. The van der Waals surface area contributed by atoms with Gasteiger partial charge in [-0.25, -0.2) is 14.8 Å². The number of aromatic nitrogens is 2. The van der Waals surface area contributed by atoms with Crippen LogP contribution < -0.4 is 10.2 Å². The third kappa shape index (κ3) is 4.61. The van der Waals surface area contributed by atoms with Gasteiger partial charge >= 0.3 is 11.7 Å². The Balaban J connectivity index is 1.90. The highest BCUT2D eigenvalue weighted by molar-refractivity contribution is 5.90. The molecule has 1 atom stereocenters. The minimum atomic E-state index is -0.439. The van der Waals surface area contributed by atoms with Gasteiger partial charge in [0.15, 0.2) is 0 Å². The Morgan fingerprint density at radius 1 is 1.28 bits per heavy atom. The maximum absolute atomic E-state index is 11.9. The Bertz CT molecular complexity index is 872. The van der Waals surface area contributed by atoms with Gasteiger partial charge in [0.25, 0.3) is 0 Å². The number of rotatable bonds is 7. The fourth-order valence-corrected chi connectivity index (χ4v) is 3.58. The molecule has 0 spiro atoms. The lowest BCUT2D eigenvalue weighted by atomic mass is 10.00. The first-order valence-corrected chi connectivity index (χ1v) is 9.85. The molecule has 1 aliphatic heterocycles. The largest absolute Gasteiger partial charge is 0.462 e. The van der Waals surface area contributed by atoms with E-state index in [1.807, 2.05) is 4.90 Å². The molecule has 0 amide bonds. The van der Waals surface area contributed by atoms with Crippen LogP contribution in [0.2, 0.25) is 0 Å². The number of nitrogens with one attached hydrogen (secondary N) is 1.